The molecule has 1 aromatic carbocycles. The first-order valence-electron chi connectivity index (χ1n) is 8.65. The number of likely N-dealkylation sites (N-methyl/N-ethyl adjacent to an activating group) is 1. The minimum absolute atomic E-state index is 0.0289. The van der Waals surface area contributed by atoms with Crippen LogP contribution in [-0.4, -0.2) is 61.6 Å². The van der Waals surface area contributed by atoms with Crippen molar-refractivity contribution in [2.75, 3.05) is 39.8 Å². The summed E-state index contributed by atoms with van der Waals surface area (Å²) in [5.74, 6) is 0. The van der Waals surface area contributed by atoms with Gasteiger partial charge in [-0.3, -0.25) is 4.90 Å². The highest BCUT2D eigenvalue weighted by Crippen LogP contribution is 2.22. The molecular weight excluding hydrogens is 288 g/mol. The maximum Gasteiger partial charge on any atom is 0.315 e. The quantitative estimate of drug-likeness (QED) is 0.870. The van der Waals surface area contributed by atoms with Crippen LogP contribution in [0, 0.1) is 6.92 Å². The van der Waals surface area contributed by atoms with Gasteiger partial charge in [0.1, 0.15) is 0 Å². The van der Waals surface area contributed by atoms with E-state index in [1.807, 2.05) is 0 Å². The predicted molar refractivity (Wildman–Crippen MR) is 92.5 cm³/mol. The molecule has 2 fully saturated rings. The number of nitrogens with one attached hydrogen (secondary N) is 2. The Morgan fingerprint density at radius 1 is 1.17 bits per heavy atom. The van der Waals surface area contributed by atoms with Gasteiger partial charge in [-0.25, -0.2) is 4.79 Å². The van der Waals surface area contributed by atoms with Crippen LogP contribution in [0.3, 0.4) is 0 Å². The lowest BCUT2D eigenvalue weighted by atomic mass is 10.0. The molecule has 1 saturated carbocycles. The van der Waals surface area contributed by atoms with E-state index in [0.717, 1.165) is 39.0 Å². The average molecular weight is 316 g/mol. The fraction of sp³-hybridized carbons (Fsp3) is 0.611. The summed E-state index contributed by atoms with van der Waals surface area (Å²) in [6.45, 7) is 7.01. The Balaban J connectivity index is 1.64. The van der Waals surface area contributed by atoms with Gasteiger partial charge in [0, 0.05) is 38.8 Å². The molecule has 2 amide bonds. The molecule has 0 spiro atoms. The number of nitrogens with zero attached hydrogens (tertiary/aromatic N) is 2. The lowest BCUT2D eigenvalue weighted by Crippen LogP contribution is -2.49. The summed E-state index contributed by atoms with van der Waals surface area (Å²) in [7, 11) is 2.17. The minimum atomic E-state index is -0.0289. The number of aryl methyl sites for hydroxylation is 1. The van der Waals surface area contributed by atoms with Gasteiger partial charge in [-0.1, -0.05) is 29.8 Å². The molecule has 1 atom stereocenters. The number of urea groups is 1. The molecule has 5 heteroatoms. The van der Waals surface area contributed by atoms with E-state index in [0.29, 0.717) is 12.6 Å². The molecule has 2 N–H and O–H groups in total. The second-order valence-electron chi connectivity index (χ2n) is 6.89. The van der Waals surface area contributed by atoms with Crippen molar-refractivity contribution in [2.24, 2.45) is 0 Å². The van der Waals surface area contributed by atoms with E-state index in [9.17, 15) is 4.79 Å². The van der Waals surface area contributed by atoms with Gasteiger partial charge in [-0.05, 0) is 32.4 Å². The first-order chi connectivity index (χ1) is 11.1. The molecule has 1 aliphatic carbocycles. The van der Waals surface area contributed by atoms with E-state index < -0.39 is 0 Å². The number of rotatable bonds is 5. The Labute approximate surface area is 139 Å². The second-order valence-corrected chi connectivity index (χ2v) is 6.89. The standard InChI is InChI=1S/C18H28N4O/c1-14-3-5-15(6-4-14)17(22-11-9-21(2)10-12-22)13-19-18(23)20-16-7-8-16/h3-6,16-17H,7-13H2,1-2H3,(H2,19,20,23). The fourth-order valence-electron chi connectivity index (χ4n) is 3.03. The van der Waals surface area contributed by atoms with Gasteiger partial charge < -0.3 is 15.5 Å². The number of piperazine rings is 1. The molecule has 1 aromatic rings. The molecular formula is C18H28N4O. The number of hydrogen-bond acceptors (Lipinski definition) is 3. The van der Waals surface area contributed by atoms with Crippen molar-refractivity contribution in [3.8, 4) is 0 Å². The van der Waals surface area contributed by atoms with Crippen molar-refractivity contribution in [3.05, 3.63) is 35.4 Å². The van der Waals surface area contributed by atoms with E-state index in [1.54, 1.807) is 0 Å². The Bertz CT molecular complexity index is 518. The van der Waals surface area contributed by atoms with E-state index in [1.165, 1.54) is 11.1 Å². The summed E-state index contributed by atoms with van der Waals surface area (Å²) in [4.78, 5) is 16.8. The van der Waals surface area contributed by atoms with Crippen LogP contribution in [-0.2, 0) is 0 Å². The highest BCUT2D eigenvalue weighted by molar-refractivity contribution is 5.74. The molecule has 23 heavy (non-hydrogen) atoms. The van der Waals surface area contributed by atoms with Crippen molar-refractivity contribution < 1.29 is 4.79 Å². The molecule has 0 aromatic heterocycles. The summed E-state index contributed by atoms with van der Waals surface area (Å²) in [6.07, 6.45) is 2.24. The maximum absolute atomic E-state index is 12.0. The van der Waals surface area contributed by atoms with Crippen molar-refractivity contribution in [2.45, 2.75) is 31.8 Å². The zero-order chi connectivity index (χ0) is 16.2. The van der Waals surface area contributed by atoms with Gasteiger partial charge in [-0.15, -0.1) is 0 Å². The van der Waals surface area contributed by atoms with Crippen LogP contribution < -0.4 is 10.6 Å². The van der Waals surface area contributed by atoms with Crippen LogP contribution in [0.1, 0.15) is 30.0 Å². The maximum atomic E-state index is 12.0. The minimum Gasteiger partial charge on any atom is -0.336 e. The van der Waals surface area contributed by atoms with E-state index in [-0.39, 0.29) is 12.1 Å². The van der Waals surface area contributed by atoms with E-state index >= 15 is 0 Å². The molecule has 1 unspecified atom stereocenters. The lowest BCUT2D eigenvalue weighted by molar-refractivity contribution is 0.111. The molecule has 3 rings (SSSR count). The molecule has 2 aliphatic rings. The van der Waals surface area contributed by atoms with E-state index in [4.69, 9.17) is 0 Å². The zero-order valence-electron chi connectivity index (χ0n) is 14.2. The normalized spacial score (nSPS) is 21.0. The van der Waals surface area contributed by atoms with Crippen LogP contribution in [0.2, 0.25) is 0 Å². The molecule has 1 saturated heterocycles. The lowest BCUT2D eigenvalue weighted by Gasteiger charge is -2.38. The molecule has 1 aliphatic heterocycles. The number of benzene rings is 1. The van der Waals surface area contributed by atoms with Crippen LogP contribution in [0.25, 0.3) is 0 Å². The Morgan fingerprint density at radius 2 is 1.83 bits per heavy atom. The van der Waals surface area contributed by atoms with Crippen molar-refractivity contribution >= 4 is 6.03 Å². The summed E-state index contributed by atoms with van der Waals surface area (Å²) >= 11 is 0. The molecule has 1 heterocycles. The van der Waals surface area contributed by atoms with Crippen molar-refractivity contribution in [1.29, 1.82) is 0 Å². The summed E-state index contributed by atoms with van der Waals surface area (Å²) in [5.41, 5.74) is 2.55. The number of carbonyl (C=O) groups is 1. The van der Waals surface area contributed by atoms with Crippen LogP contribution in [0.15, 0.2) is 24.3 Å². The van der Waals surface area contributed by atoms with E-state index in [2.05, 4.69) is 58.7 Å². The van der Waals surface area contributed by atoms with Crippen molar-refractivity contribution in [1.82, 2.24) is 20.4 Å². The third-order valence-electron chi connectivity index (χ3n) is 4.81. The monoisotopic (exact) mass is 316 g/mol. The van der Waals surface area contributed by atoms with Crippen molar-refractivity contribution in [3.63, 3.8) is 0 Å². The topological polar surface area (TPSA) is 47.6 Å². The van der Waals surface area contributed by atoms with Gasteiger partial charge in [0.15, 0.2) is 0 Å². The molecule has 5 nitrogen and oxygen atoms in total. The molecule has 0 bridgehead atoms. The third kappa shape index (κ3) is 4.69. The summed E-state index contributed by atoms with van der Waals surface area (Å²) in [5, 5.41) is 6.07. The van der Waals surface area contributed by atoms with Gasteiger partial charge in [0.05, 0.1) is 6.04 Å². The summed E-state index contributed by atoms with van der Waals surface area (Å²) < 4.78 is 0. The second kappa shape index (κ2) is 7.32. The van der Waals surface area contributed by atoms with Gasteiger partial charge in [0.25, 0.3) is 0 Å². The number of hydrogen-bond donors (Lipinski definition) is 2. The summed E-state index contributed by atoms with van der Waals surface area (Å²) in [6, 6.07) is 9.31. The zero-order valence-corrected chi connectivity index (χ0v) is 14.2. The third-order valence-corrected chi connectivity index (χ3v) is 4.81. The van der Waals surface area contributed by atoms with Crippen LogP contribution in [0.5, 0.6) is 0 Å². The van der Waals surface area contributed by atoms with Crippen LogP contribution in [0.4, 0.5) is 4.79 Å². The largest absolute Gasteiger partial charge is 0.336 e. The first-order valence-corrected chi connectivity index (χ1v) is 8.65. The highest BCUT2D eigenvalue weighted by Gasteiger charge is 2.26. The average Bonchev–Trinajstić information content (AvgIpc) is 3.35. The number of amides is 2. The van der Waals surface area contributed by atoms with Crippen LogP contribution >= 0.6 is 0 Å². The Morgan fingerprint density at radius 3 is 2.43 bits per heavy atom. The smallest absolute Gasteiger partial charge is 0.315 e. The number of carbonyl (C=O) groups excluding carboxylic acids is 1. The van der Waals surface area contributed by atoms with Gasteiger partial charge >= 0.3 is 6.03 Å². The predicted octanol–water partition coefficient (Wildman–Crippen LogP) is 1.75. The highest BCUT2D eigenvalue weighted by atomic mass is 16.2. The van der Waals surface area contributed by atoms with Gasteiger partial charge in [-0.2, -0.15) is 0 Å². The fourth-order valence-corrected chi connectivity index (χ4v) is 3.03. The molecule has 126 valence electrons. The van der Waals surface area contributed by atoms with Gasteiger partial charge in [0.2, 0.25) is 0 Å². The molecule has 0 radical (unpaired) electrons. The SMILES string of the molecule is Cc1ccc(C(CNC(=O)NC2CC2)N2CCN(C)CC2)cc1. The first kappa shape index (κ1) is 16.3. The Kier molecular flexibility index (Phi) is 5.18. The Hall–Kier alpha value is -1.59.